The van der Waals surface area contributed by atoms with Gasteiger partial charge in [-0.05, 0) is 36.2 Å². The van der Waals surface area contributed by atoms with Crippen LogP contribution in [0.2, 0.25) is 5.02 Å². The Morgan fingerprint density at radius 2 is 1.84 bits per heavy atom. The van der Waals surface area contributed by atoms with Crippen molar-refractivity contribution in [3.8, 4) is 11.5 Å². The van der Waals surface area contributed by atoms with Crippen molar-refractivity contribution < 1.29 is 9.21 Å². The zero-order chi connectivity index (χ0) is 17.5. The molecule has 0 saturated heterocycles. The van der Waals surface area contributed by atoms with Gasteiger partial charge in [-0.1, -0.05) is 53.7 Å². The Bertz CT molecular complexity index is 822. The molecule has 0 aliphatic carbocycles. The van der Waals surface area contributed by atoms with E-state index in [1.54, 1.807) is 0 Å². The van der Waals surface area contributed by atoms with Crippen LogP contribution in [0.3, 0.4) is 0 Å². The minimum Gasteiger partial charge on any atom is -0.411 e. The van der Waals surface area contributed by atoms with Crippen LogP contribution < -0.4 is 5.32 Å². The van der Waals surface area contributed by atoms with Gasteiger partial charge < -0.3 is 9.73 Å². The van der Waals surface area contributed by atoms with Crippen LogP contribution in [0, 0.1) is 0 Å². The first-order chi connectivity index (χ1) is 12.2. The van der Waals surface area contributed by atoms with Crippen molar-refractivity contribution >= 4 is 29.3 Å². The van der Waals surface area contributed by atoms with Gasteiger partial charge in [0.05, 0.1) is 5.75 Å². The van der Waals surface area contributed by atoms with Gasteiger partial charge in [-0.25, -0.2) is 0 Å². The maximum Gasteiger partial charge on any atom is 0.277 e. The number of hydrogen-bond donors (Lipinski definition) is 1. The standard InChI is InChI=1S/C18H16ClN3O2S/c19-15-8-6-13(7-9-15)10-11-20-16(23)12-25-18-22-21-17(24-18)14-4-2-1-3-5-14/h1-9H,10-12H2,(H,20,23). The summed E-state index contributed by atoms with van der Waals surface area (Å²) in [4.78, 5) is 11.9. The van der Waals surface area contributed by atoms with E-state index in [1.807, 2.05) is 54.6 Å². The first-order valence-electron chi connectivity index (χ1n) is 7.73. The molecule has 0 saturated carbocycles. The normalized spacial score (nSPS) is 10.6. The van der Waals surface area contributed by atoms with Gasteiger partial charge in [-0.2, -0.15) is 0 Å². The maximum atomic E-state index is 11.9. The molecule has 0 bridgehead atoms. The van der Waals surface area contributed by atoms with Crippen LogP contribution in [0.25, 0.3) is 11.5 Å². The molecule has 0 aliphatic heterocycles. The van der Waals surface area contributed by atoms with E-state index in [0.717, 1.165) is 17.5 Å². The molecule has 2 aromatic carbocycles. The number of amides is 1. The number of nitrogens with zero attached hydrogens (tertiary/aromatic N) is 2. The topological polar surface area (TPSA) is 68.0 Å². The summed E-state index contributed by atoms with van der Waals surface area (Å²) in [7, 11) is 0. The lowest BCUT2D eigenvalue weighted by molar-refractivity contribution is -0.118. The van der Waals surface area contributed by atoms with Crippen LogP contribution in [0.1, 0.15) is 5.56 Å². The first kappa shape index (κ1) is 17.5. The quantitative estimate of drug-likeness (QED) is 0.637. The molecule has 0 fully saturated rings. The molecule has 0 radical (unpaired) electrons. The number of carbonyl (C=O) groups excluding carboxylic acids is 1. The van der Waals surface area contributed by atoms with Gasteiger partial charge in [0, 0.05) is 17.1 Å². The largest absolute Gasteiger partial charge is 0.411 e. The van der Waals surface area contributed by atoms with Gasteiger partial charge in [-0.3, -0.25) is 4.79 Å². The molecule has 1 heterocycles. The Kier molecular flexibility index (Phi) is 6.09. The van der Waals surface area contributed by atoms with Crippen LogP contribution in [-0.2, 0) is 11.2 Å². The highest BCUT2D eigenvalue weighted by atomic mass is 35.5. The third-order valence-corrected chi connectivity index (χ3v) is 4.47. The van der Waals surface area contributed by atoms with Crippen molar-refractivity contribution in [2.45, 2.75) is 11.6 Å². The predicted octanol–water partition coefficient (Wildman–Crippen LogP) is 3.84. The zero-order valence-electron chi connectivity index (χ0n) is 13.3. The number of aromatic nitrogens is 2. The third kappa shape index (κ3) is 5.34. The van der Waals surface area contributed by atoms with E-state index in [-0.39, 0.29) is 11.7 Å². The summed E-state index contributed by atoms with van der Waals surface area (Å²) < 4.78 is 5.55. The Morgan fingerprint density at radius 3 is 2.60 bits per heavy atom. The van der Waals surface area contributed by atoms with E-state index < -0.39 is 0 Å². The van der Waals surface area contributed by atoms with Gasteiger partial charge in [-0.15, -0.1) is 10.2 Å². The summed E-state index contributed by atoms with van der Waals surface area (Å²) in [6.07, 6.45) is 0.756. The van der Waals surface area contributed by atoms with Crippen molar-refractivity contribution in [3.05, 3.63) is 65.2 Å². The van der Waals surface area contributed by atoms with Gasteiger partial charge in [0.25, 0.3) is 5.22 Å². The molecule has 5 nitrogen and oxygen atoms in total. The monoisotopic (exact) mass is 373 g/mol. The highest BCUT2D eigenvalue weighted by Gasteiger charge is 2.10. The molecule has 0 unspecified atom stereocenters. The number of rotatable bonds is 7. The lowest BCUT2D eigenvalue weighted by Crippen LogP contribution is -2.27. The van der Waals surface area contributed by atoms with Crippen molar-refractivity contribution in [1.82, 2.24) is 15.5 Å². The second kappa shape index (κ2) is 8.69. The summed E-state index contributed by atoms with van der Waals surface area (Å²) in [6, 6.07) is 17.1. The molecule has 1 amide bonds. The first-order valence-corrected chi connectivity index (χ1v) is 9.10. The SMILES string of the molecule is O=C(CSc1nnc(-c2ccccc2)o1)NCCc1ccc(Cl)cc1. The third-order valence-electron chi connectivity index (χ3n) is 3.40. The smallest absolute Gasteiger partial charge is 0.277 e. The highest BCUT2D eigenvalue weighted by molar-refractivity contribution is 7.99. The number of carbonyl (C=O) groups is 1. The summed E-state index contributed by atoms with van der Waals surface area (Å²) in [5.74, 6) is 0.613. The Balaban J connectivity index is 1.42. The molecule has 3 rings (SSSR count). The Morgan fingerprint density at radius 1 is 1.08 bits per heavy atom. The average molecular weight is 374 g/mol. The Hall–Kier alpha value is -2.31. The molecule has 3 aromatic rings. The summed E-state index contributed by atoms with van der Waals surface area (Å²) in [5, 5.41) is 11.9. The highest BCUT2D eigenvalue weighted by Crippen LogP contribution is 2.22. The van der Waals surface area contributed by atoms with E-state index in [0.29, 0.717) is 22.7 Å². The predicted molar refractivity (Wildman–Crippen MR) is 98.6 cm³/mol. The van der Waals surface area contributed by atoms with Gasteiger partial charge in [0.2, 0.25) is 11.8 Å². The summed E-state index contributed by atoms with van der Waals surface area (Å²) in [6.45, 7) is 0.570. The fraction of sp³-hybridized carbons (Fsp3) is 0.167. The van der Waals surface area contributed by atoms with Crippen LogP contribution in [0.4, 0.5) is 0 Å². The minimum absolute atomic E-state index is 0.0709. The molecule has 0 spiro atoms. The van der Waals surface area contributed by atoms with Gasteiger partial charge in [0.1, 0.15) is 0 Å². The molecule has 0 atom stereocenters. The van der Waals surface area contributed by atoms with Gasteiger partial charge >= 0.3 is 0 Å². The lowest BCUT2D eigenvalue weighted by atomic mass is 10.1. The molecule has 128 valence electrons. The average Bonchev–Trinajstić information content (AvgIpc) is 3.11. The molecule has 7 heteroatoms. The molecule has 1 N–H and O–H groups in total. The lowest BCUT2D eigenvalue weighted by Gasteiger charge is -2.04. The summed E-state index contributed by atoms with van der Waals surface area (Å²) in [5.41, 5.74) is 1.98. The van der Waals surface area contributed by atoms with E-state index >= 15 is 0 Å². The fourth-order valence-corrected chi connectivity index (χ4v) is 2.86. The van der Waals surface area contributed by atoms with Crippen LogP contribution in [0.15, 0.2) is 64.2 Å². The van der Waals surface area contributed by atoms with Crippen LogP contribution >= 0.6 is 23.4 Å². The second-order valence-electron chi connectivity index (χ2n) is 5.25. The zero-order valence-corrected chi connectivity index (χ0v) is 14.9. The van der Waals surface area contributed by atoms with Crippen molar-refractivity contribution in [1.29, 1.82) is 0 Å². The number of hydrogen-bond acceptors (Lipinski definition) is 5. The molecular weight excluding hydrogens is 358 g/mol. The molecular formula is C18H16ClN3O2S. The van der Waals surface area contributed by atoms with Crippen molar-refractivity contribution in [2.24, 2.45) is 0 Å². The number of halogens is 1. The fourth-order valence-electron chi connectivity index (χ4n) is 2.14. The van der Waals surface area contributed by atoms with Crippen molar-refractivity contribution in [2.75, 3.05) is 12.3 Å². The number of nitrogens with one attached hydrogen (secondary N) is 1. The van der Waals surface area contributed by atoms with Crippen LogP contribution in [-0.4, -0.2) is 28.4 Å². The van der Waals surface area contributed by atoms with E-state index in [9.17, 15) is 4.79 Å². The van der Waals surface area contributed by atoms with E-state index in [4.69, 9.17) is 16.0 Å². The number of benzene rings is 2. The van der Waals surface area contributed by atoms with Crippen molar-refractivity contribution in [3.63, 3.8) is 0 Å². The van der Waals surface area contributed by atoms with Crippen LogP contribution in [0.5, 0.6) is 0 Å². The van der Waals surface area contributed by atoms with E-state index in [2.05, 4.69) is 15.5 Å². The van der Waals surface area contributed by atoms with E-state index in [1.165, 1.54) is 11.8 Å². The molecule has 25 heavy (non-hydrogen) atoms. The minimum atomic E-state index is -0.0709. The number of thioether (sulfide) groups is 1. The Labute approximate surface area is 154 Å². The van der Waals surface area contributed by atoms with Gasteiger partial charge in [0.15, 0.2) is 0 Å². The second-order valence-corrected chi connectivity index (χ2v) is 6.62. The molecule has 1 aromatic heterocycles. The molecule has 0 aliphatic rings. The summed E-state index contributed by atoms with van der Waals surface area (Å²) >= 11 is 7.07. The maximum absolute atomic E-state index is 11.9.